The maximum absolute atomic E-state index is 6.04. The fourth-order valence-electron chi connectivity index (χ4n) is 2.71. The molecule has 1 N–H and O–H groups in total. The summed E-state index contributed by atoms with van der Waals surface area (Å²) in [5.74, 6) is 0. The molecule has 0 spiro atoms. The van der Waals surface area contributed by atoms with Crippen molar-refractivity contribution in [1.29, 1.82) is 0 Å². The molecule has 3 heteroatoms. The molecule has 2 rings (SSSR count). The lowest BCUT2D eigenvalue weighted by atomic mass is 10.1. The minimum absolute atomic E-state index is 0.582. The zero-order valence-electron chi connectivity index (χ0n) is 12.2. The van der Waals surface area contributed by atoms with Crippen molar-refractivity contribution in [1.82, 2.24) is 10.2 Å². The number of benzene rings is 1. The van der Waals surface area contributed by atoms with Crippen molar-refractivity contribution in [3.05, 3.63) is 34.3 Å². The maximum Gasteiger partial charge on any atom is 0.0408 e. The van der Waals surface area contributed by atoms with E-state index in [2.05, 4.69) is 43.2 Å². The number of nitrogens with one attached hydrogen (secondary N) is 1. The first kappa shape index (κ1) is 14.8. The Labute approximate surface area is 122 Å². The molecule has 0 aromatic heterocycles. The van der Waals surface area contributed by atoms with Crippen LogP contribution < -0.4 is 5.32 Å². The van der Waals surface area contributed by atoms with Gasteiger partial charge in [0.15, 0.2) is 0 Å². The van der Waals surface area contributed by atoms with Crippen LogP contribution in [0.15, 0.2) is 18.2 Å². The number of hydrogen-bond acceptors (Lipinski definition) is 2. The summed E-state index contributed by atoms with van der Waals surface area (Å²) in [6, 6.07) is 7.54. The van der Waals surface area contributed by atoms with Crippen LogP contribution in [0.4, 0.5) is 0 Å². The second-order valence-corrected chi connectivity index (χ2v) is 6.15. The highest BCUT2D eigenvalue weighted by atomic mass is 35.5. The Morgan fingerprint density at radius 2 is 2.11 bits per heavy atom. The summed E-state index contributed by atoms with van der Waals surface area (Å²) in [4.78, 5) is 2.42. The molecule has 1 aliphatic carbocycles. The van der Waals surface area contributed by atoms with Crippen molar-refractivity contribution in [2.75, 3.05) is 20.1 Å². The average molecular weight is 281 g/mol. The highest BCUT2D eigenvalue weighted by Gasteiger charge is 2.21. The third kappa shape index (κ3) is 3.95. The molecule has 0 fully saturated rings. The van der Waals surface area contributed by atoms with Gasteiger partial charge in [-0.3, -0.25) is 0 Å². The molecule has 0 heterocycles. The molecule has 0 saturated heterocycles. The van der Waals surface area contributed by atoms with Gasteiger partial charge in [-0.15, -0.1) is 0 Å². The number of halogens is 1. The van der Waals surface area contributed by atoms with Gasteiger partial charge in [-0.2, -0.15) is 0 Å². The summed E-state index contributed by atoms with van der Waals surface area (Å²) < 4.78 is 0. The molecule has 2 unspecified atom stereocenters. The monoisotopic (exact) mass is 280 g/mol. The predicted molar refractivity (Wildman–Crippen MR) is 83.0 cm³/mol. The summed E-state index contributed by atoms with van der Waals surface area (Å²) in [7, 11) is 2.21. The van der Waals surface area contributed by atoms with Crippen molar-refractivity contribution < 1.29 is 0 Å². The molecule has 0 aliphatic heterocycles. The molecule has 2 atom stereocenters. The summed E-state index contributed by atoms with van der Waals surface area (Å²) in [6.07, 6.45) is 3.46. The van der Waals surface area contributed by atoms with Gasteiger partial charge >= 0.3 is 0 Å². The number of fused-ring (bicyclic) bond motifs is 1. The minimum atomic E-state index is 0.582. The van der Waals surface area contributed by atoms with E-state index in [0.29, 0.717) is 12.1 Å². The summed E-state index contributed by atoms with van der Waals surface area (Å²) in [5.41, 5.74) is 2.87. The van der Waals surface area contributed by atoms with Gasteiger partial charge in [0.1, 0.15) is 0 Å². The van der Waals surface area contributed by atoms with E-state index in [0.717, 1.165) is 31.0 Å². The fraction of sp³-hybridized carbons (Fsp3) is 0.625. The van der Waals surface area contributed by atoms with E-state index in [1.165, 1.54) is 17.5 Å². The lowest BCUT2D eigenvalue weighted by Crippen LogP contribution is -2.39. The van der Waals surface area contributed by atoms with Gasteiger partial charge in [0.25, 0.3) is 0 Å². The zero-order valence-corrected chi connectivity index (χ0v) is 13.0. The molecule has 106 valence electrons. The average Bonchev–Trinajstić information content (AvgIpc) is 2.79. The van der Waals surface area contributed by atoms with Gasteiger partial charge in [-0.05, 0) is 56.5 Å². The third-order valence-corrected chi connectivity index (χ3v) is 4.58. The van der Waals surface area contributed by atoms with Crippen LogP contribution in [0.2, 0.25) is 5.02 Å². The van der Waals surface area contributed by atoms with Crippen LogP contribution in [0.25, 0.3) is 0 Å². The van der Waals surface area contributed by atoms with Gasteiger partial charge in [0, 0.05) is 30.2 Å². The topological polar surface area (TPSA) is 15.3 Å². The van der Waals surface area contributed by atoms with Crippen molar-refractivity contribution >= 4 is 11.6 Å². The number of rotatable bonds is 6. The van der Waals surface area contributed by atoms with Gasteiger partial charge in [-0.1, -0.05) is 24.6 Å². The van der Waals surface area contributed by atoms with Crippen molar-refractivity contribution in [2.24, 2.45) is 0 Å². The first-order valence-corrected chi connectivity index (χ1v) is 7.69. The quantitative estimate of drug-likeness (QED) is 0.861. The highest BCUT2D eigenvalue weighted by molar-refractivity contribution is 6.30. The predicted octanol–water partition coefficient (Wildman–Crippen LogP) is 3.13. The second kappa shape index (κ2) is 6.74. The minimum Gasteiger partial charge on any atom is -0.312 e. The van der Waals surface area contributed by atoms with E-state index in [1.807, 2.05) is 6.07 Å². The van der Waals surface area contributed by atoms with E-state index in [-0.39, 0.29) is 0 Å². The molecule has 1 aliphatic rings. The standard InChI is InChI=1S/C16H25ClN2/c1-4-12(2)19(3)8-7-18-16-10-13-5-6-15(17)9-14(13)11-16/h5-6,9,12,16,18H,4,7-8,10-11H2,1-3H3. The Balaban J connectivity index is 1.75. The molecular weight excluding hydrogens is 256 g/mol. The Hall–Kier alpha value is -0.570. The molecule has 1 aromatic carbocycles. The molecule has 19 heavy (non-hydrogen) atoms. The Bertz CT molecular complexity index is 419. The lowest BCUT2D eigenvalue weighted by molar-refractivity contribution is 0.248. The van der Waals surface area contributed by atoms with Crippen LogP contribution in [-0.2, 0) is 12.8 Å². The van der Waals surface area contributed by atoms with Crippen LogP contribution in [0, 0.1) is 0 Å². The van der Waals surface area contributed by atoms with Crippen LogP contribution in [0.1, 0.15) is 31.4 Å². The maximum atomic E-state index is 6.04. The SMILES string of the molecule is CCC(C)N(C)CCNC1Cc2ccc(Cl)cc2C1. The Kier molecular flexibility index (Phi) is 5.26. The molecular formula is C16H25ClN2. The van der Waals surface area contributed by atoms with Gasteiger partial charge in [-0.25, -0.2) is 0 Å². The molecule has 0 amide bonds. The van der Waals surface area contributed by atoms with E-state index < -0.39 is 0 Å². The van der Waals surface area contributed by atoms with Crippen molar-refractivity contribution in [3.8, 4) is 0 Å². The van der Waals surface area contributed by atoms with Crippen LogP contribution in [0.5, 0.6) is 0 Å². The number of nitrogens with zero attached hydrogens (tertiary/aromatic N) is 1. The number of hydrogen-bond donors (Lipinski definition) is 1. The largest absolute Gasteiger partial charge is 0.312 e. The van der Waals surface area contributed by atoms with Gasteiger partial charge < -0.3 is 10.2 Å². The Morgan fingerprint density at radius 3 is 2.84 bits per heavy atom. The van der Waals surface area contributed by atoms with Crippen LogP contribution in [0.3, 0.4) is 0 Å². The van der Waals surface area contributed by atoms with E-state index in [9.17, 15) is 0 Å². The van der Waals surface area contributed by atoms with Crippen LogP contribution in [-0.4, -0.2) is 37.1 Å². The fourth-order valence-corrected chi connectivity index (χ4v) is 2.90. The van der Waals surface area contributed by atoms with Gasteiger partial charge in [0.2, 0.25) is 0 Å². The molecule has 0 bridgehead atoms. The highest BCUT2D eigenvalue weighted by Crippen LogP contribution is 2.25. The summed E-state index contributed by atoms with van der Waals surface area (Å²) in [5, 5.41) is 4.53. The first-order valence-electron chi connectivity index (χ1n) is 7.31. The lowest BCUT2D eigenvalue weighted by Gasteiger charge is -2.24. The van der Waals surface area contributed by atoms with E-state index >= 15 is 0 Å². The molecule has 2 nitrogen and oxygen atoms in total. The smallest absolute Gasteiger partial charge is 0.0408 e. The summed E-state index contributed by atoms with van der Waals surface area (Å²) in [6.45, 7) is 6.70. The van der Waals surface area contributed by atoms with Crippen molar-refractivity contribution in [2.45, 2.75) is 45.2 Å². The molecule has 1 aromatic rings. The van der Waals surface area contributed by atoms with Crippen LogP contribution >= 0.6 is 11.6 Å². The number of likely N-dealkylation sites (N-methyl/N-ethyl adjacent to an activating group) is 1. The zero-order chi connectivity index (χ0) is 13.8. The first-order chi connectivity index (χ1) is 9.10. The second-order valence-electron chi connectivity index (χ2n) is 5.71. The van der Waals surface area contributed by atoms with Crippen molar-refractivity contribution in [3.63, 3.8) is 0 Å². The molecule has 0 radical (unpaired) electrons. The third-order valence-electron chi connectivity index (χ3n) is 4.34. The molecule has 0 saturated carbocycles. The van der Waals surface area contributed by atoms with E-state index in [4.69, 9.17) is 11.6 Å². The normalized spacial score (nSPS) is 19.7. The van der Waals surface area contributed by atoms with Gasteiger partial charge in [0.05, 0.1) is 0 Å². The van der Waals surface area contributed by atoms with E-state index in [1.54, 1.807) is 0 Å². The summed E-state index contributed by atoms with van der Waals surface area (Å²) >= 11 is 6.04. The Morgan fingerprint density at radius 1 is 1.37 bits per heavy atom.